The summed E-state index contributed by atoms with van der Waals surface area (Å²) in [4.78, 5) is 23.8. The molecule has 0 aliphatic heterocycles. The van der Waals surface area contributed by atoms with E-state index in [1.807, 2.05) is 13.8 Å². The number of carbonyl (C=O) groups is 2. The van der Waals surface area contributed by atoms with Crippen LogP contribution in [-0.2, 0) is 4.79 Å². The molecule has 2 amide bonds. The summed E-state index contributed by atoms with van der Waals surface area (Å²) in [5.41, 5.74) is 4.66. The summed E-state index contributed by atoms with van der Waals surface area (Å²) in [7, 11) is 0. The molecule has 1 unspecified atom stereocenters. The Morgan fingerprint density at radius 2 is 1.81 bits per heavy atom. The highest BCUT2D eigenvalue weighted by Gasteiger charge is 2.38. The minimum Gasteiger partial charge on any atom is -0.465 e. The number of nitrogens with zero attached hydrogens (tertiary/aromatic N) is 1. The van der Waals surface area contributed by atoms with Crippen LogP contribution in [0.1, 0.15) is 41.0 Å². The summed E-state index contributed by atoms with van der Waals surface area (Å²) in [5.74, 6) is -0.681. The molecule has 0 fully saturated rings. The Balaban J connectivity index is 5.28. The quantitative estimate of drug-likeness (QED) is 0.770. The molecule has 0 saturated heterocycles. The SMILES string of the molecule is CCC(C)[C@@H](C(N)=O)N(C(=O)O)C(C)(C)C. The van der Waals surface area contributed by atoms with Crippen molar-refractivity contribution in [3.05, 3.63) is 0 Å². The molecule has 0 spiro atoms. The van der Waals surface area contributed by atoms with Crippen LogP contribution in [-0.4, -0.2) is 33.6 Å². The number of amides is 2. The first-order chi connectivity index (χ1) is 7.12. The molecule has 3 N–H and O–H groups in total. The van der Waals surface area contributed by atoms with Crippen molar-refractivity contribution in [3.8, 4) is 0 Å². The molecule has 0 rings (SSSR count). The van der Waals surface area contributed by atoms with Crippen LogP contribution in [0, 0.1) is 5.92 Å². The fourth-order valence-corrected chi connectivity index (χ4v) is 1.71. The van der Waals surface area contributed by atoms with Crippen molar-refractivity contribution in [2.75, 3.05) is 0 Å². The zero-order valence-corrected chi connectivity index (χ0v) is 10.7. The van der Waals surface area contributed by atoms with Crippen LogP contribution in [0.15, 0.2) is 0 Å². The lowest BCUT2D eigenvalue weighted by Crippen LogP contribution is -2.58. The number of hydrogen-bond acceptors (Lipinski definition) is 2. The fourth-order valence-electron chi connectivity index (χ4n) is 1.71. The Morgan fingerprint density at radius 3 is 2.00 bits per heavy atom. The van der Waals surface area contributed by atoms with Crippen LogP contribution in [0.25, 0.3) is 0 Å². The third kappa shape index (κ3) is 3.40. The van der Waals surface area contributed by atoms with Crippen molar-refractivity contribution < 1.29 is 14.7 Å². The van der Waals surface area contributed by atoms with Crippen LogP contribution in [0.5, 0.6) is 0 Å². The molecule has 94 valence electrons. The van der Waals surface area contributed by atoms with Crippen molar-refractivity contribution in [2.45, 2.75) is 52.6 Å². The van der Waals surface area contributed by atoms with Crippen molar-refractivity contribution in [3.63, 3.8) is 0 Å². The largest absolute Gasteiger partial charge is 0.465 e. The summed E-state index contributed by atoms with van der Waals surface area (Å²) in [6.45, 7) is 8.98. The van der Waals surface area contributed by atoms with E-state index in [1.54, 1.807) is 20.8 Å². The molecule has 5 heteroatoms. The van der Waals surface area contributed by atoms with Crippen LogP contribution in [0.3, 0.4) is 0 Å². The zero-order valence-electron chi connectivity index (χ0n) is 10.7. The van der Waals surface area contributed by atoms with Gasteiger partial charge in [0, 0.05) is 5.54 Å². The molecule has 16 heavy (non-hydrogen) atoms. The van der Waals surface area contributed by atoms with Gasteiger partial charge in [0.25, 0.3) is 0 Å². The normalized spacial score (nSPS) is 15.3. The van der Waals surface area contributed by atoms with E-state index in [0.29, 0.717) is 6.42 Å². The average Bonchev–Trinajstić information content (AvgIpc) is 2.09. The Morgan fingerprint density at radius 1 is 1.38 bits per heavy atom. The molecule has 0 aliphatic carbocycles. The highest BCUT2D eigenvalue weighted by Crippen LogP contribution is 2.23. The first-order valence-electron chi connectivity index (χ1n) is 5.44. The highest BCUT2D eigenvalue weighted by atomic mass is 16.4. The number of primary amides is 1. The maximum absolute atomic E-state index is 11.4. The van der Waals surface area contributed by atoms with E-state index in [-0.39, 0.29) is 5.92 Å². The second-order valence-electron chi connectivity index (χ2n) is 5.06. The maximum Gasteiger partial charge on any atom is 0.408 e. The van der Waals surface area contributed by atoms with E-state index in [9.17, 15) is 14.7 Å². The lowest BCUT2D eigenvalue weighted by atomic mass is 9.93. The average molecular weight is 230 g/mol. The minimum absolute atomic E-state index is 0.0900. The molecule has 0 radical (unpaired) electrons. The Labute approximate surface area is 96.6 Å². The van der Waals surface area contributed by atoms with Gasteiger partial charge >= 0.3 is 6.09 Å². The molecule has 5 nitrogen and oxygen atoms in total. The number of rotatable bonds is 4. The topological polar surface area (TPSA) is 83.6 Å². The second kappa shape index (κ2) is 5.18. The molecule has 0 aromatic carbocycles. The number of carbonyl (C=O) groups excluding carboxylic acids is 1. The maximum atomic E-state index is 11.4. The van der Waals surface area contributed by atoms with Gasteiger partial charge in [0.2, 0.25) is 5.91 Å². The lowest BCUT2D eigenvalue weighted by Gasteiger charge is -2.40. The van der Waals surface area contributed by atoms with Crippen LogP contribution in [0.2, 0.25) is 0 Å². The lowest BCUT2D eigenvalue weighted by molar-refractivity contribution is -0.126. The zero-order chi connectivity index (χ0) is 13.1. The molecule has 0 aromatic heterocycles. The number of hydrogen-bond donors (Lipinski definition) is 2. The van der Waals surface area contributed by atoms with Gasteiger partial charge in [-0.25, -0.2) is 4.79 Å². The molecule has 0 aromatic rings. The van der Waals surface area contributed by atoms with Crippen molar-refractivity contribution in [1.82, 2.24) is 4.90 Å². The minimum atomic E-state index is -1.11. The smallest absolute Gasteiger partial charge is 0.408 e. The van der Waals surface area contributed by atoms with E-state index in [1.165, 1.54) is 0 Å². The summed E-state index contributed by atoms with van der Waals surface area (Å²) in [5, 5.41) is 9.19. The van der Waals surface area contributed by atoms with Crippen LogP contribution in [0.4, 0.5) is 4.79 Å². The van der Waals surface area contributed by atoms with Gasteiger partial charge in [-0.3, -0.25) is 9.69 Å². The third-order valence-corrected chi connectivity index (χ3v) is 2.68. The van der Waals surface area contributed by atoms with E-state index >= 15 is 0 Å². The number of carboxylic acid groups (broad SMARTS) is 1. The number of nitrogens with two attached hydrogens (primary N) is 1. The molecule has 0 aliphatic rings. The summed E-state index contributed by atoms with van der Waals surface area (Å²) in [6.07, 6.45) is -0.412. The summed E-state index contributed by atoms with van der Waals surface area (Å²) >= 11 is 0. The Kier molecular flexibility index (Phi) is 4.78. The van der Waals surface area contributed by atoms with Gasteiger partial charge < -0.3 is 10.8 Å². The molecule has 0 bridgehead atoms. The van der Waals surface area contributed by atoms with Gasteiger partial charge in [-0.2, -0.15) is 0 Å². The molecule has 0 heterocycles. The summed E-state index contributed by atoms with van der Waals surface area (Å²) in [6, 6.07) is -0.775. The first-order valence-corrected chi connectivity index (χ1v) is 5.44. The van der Waals surface area contributed by atoms with E-state index in [2.05, 4.69) is 0 Å². The molecular weight excluding hydrogens is 208 g/mol. The van der Waals surface area contributed by atoms with Crippen LogP contribution < -0.4 is 5.73 Å². The third-order valence-electron chi connectivity index (χ3n) is 2.68. The van der Waals surface area contributed by atoms with E-state index < -0.39 is 23.6 Å². The van der Waals surface area contributed by atoms with Crippen LogP contribution >= 0.6 is 0 Å². The molecule has 2 atom stereocenters. The van der Waals surface area contributed by atoms with Gasteiger partial charge in [0.1, 0.15) is 6.04 Å². The molecule has 0 saturated carbocycles. The van der Waals surface area contributed by atoms with Crippen molar-refractivity contribution >= 4 is 12.0 Å². The Hall–Kier alpha value is -1.26. The predicted molar refractivity (Wildman–Crippen MR) is 62.1 cm³/mol. The standard InChI is InChI=1S/C11H22N2O3/c1-6-7(2)8(9(12)14)13(10(15)16)11(3,4)5/h7-8H,6H2,1-5H3,(H2,12,14)(H,15,16)/t7?,8-/m0/s1. The van der Waals surface area contributed by atoms with Crippen molar-refractivity contribution in [1.29, 1.82) is 0 Å². The van der Waals surface area contributed by atoms with Gasteiger partial charge in [0.15, 0.2) is 0 Å². The fraction of sp³-hybridized carbons (Fsp3) is 0.818. The second-order valence-corrected chi connectivity index (χ2v) is 5.06. The van der Waals surface area contributed by atoms with E-state index in [4.69, 9.17) is 5.73 Å². The van der Waals surface area contributed by atoms with Gasteiger partial charge in [-0.15, -0.1) is 0 Å². The predicted octanol–water partition coefficient (Wildman–Crippen LogP) is 1.66. The van der Waals surface area contributed by atoms with Gasteiger partial charge in [-0.1, -0.05) is 20.3 Å². The first kappa shape index (κ1) is 14.7. The Bertz CT molecular complexity index is 271. The van der Waals surface area contributed by atoms with Crippen molar-refractivity contribution in [2.24, 2.45) is 11.7 Å². The van der Waals surface area contributed by atoms with Gasteiger partial charge in [-0.05, 0) is 26.7 Å². The van der Waals surface area contributed by atoms with Gasteiger partial charge in [0.05, 0.1) is 0 Å². The monoisotopic (exact) mass is 230 g/mol. The highest BCUT2D eigenvalue weighted by molar-refractivity contribution is 5.84. The molecular formula is C11H22N2O3. The summed E-state index contributed by atoms with van der Waals surface area (Å²) < 4.78 is 0. The van der Waals surface area contributed by atoms with E-state index in [0.717, 1.165) is 4.90 Å².